The first-order chi connectivity index (χ1) is 19.7. The fourth-order valence-electron chi connectivity index (χ4n) is 4.65. The zero-order chi connectivity index (χ0) is 29.4. The predicted octanol–water partition coefficient (Wildman–Crippen LogP) is 3.50. The molecule has 41 heavy (non-hydrogen) atoms. The Bertz CT molecular complexity index is 1460. The maximum Gasteiger partial charge on any atom is 0.309 e. The molecule has 0 saturated carbocycles. The molecule has 11 nitrogen and oxygen atoms in total. The molecule has 1 aliphatic rings. The number of carbonyl (C=O) groups excluding carboxylic acids is 4. The van der Waals surface area contributed by atoms with Crippen molar-refractivity contribution in [3.05, 3.63) is 76.6 Å². The topological polar surface area (TPSA) is 145 Å². The molecule has 3 aromatic rings. The van der Waals surface area contributed by atoms with Gasteiger partial charge < -0.3 is 15.4 Å². The third-order valence-electron chi connectivity index (χ3n) is 6.76. The van der Waals surface area contributed by atoms with Crippen LogP contribution in [0.25, 0.3) is 5.69 Å². The van der Waals surface area contributed by atoms with Crippen LogP contribution >= 0.6 is 11.6 Å². The summed E-state index contributed by atoms with van der Waals surface area (Å²) in [6.45, 7) is 2.21. The number of benzene rings is 2. The van der Waals surface area contributed by atoms with Gasteiger partial charge in [-0.15, -0.1) is 5.10 Å². The number of ketones is 1. The number of halogens is 1. The van der Waals surface area contributed by atoms with Crippen LogP contribution in [0.4, 0.5) is 5.69 Å². The van der Waals surface area contributed by atoms with E-state index in [2.05, 4.69) is 26.2 Å². The van der Waals surface area contributed by atoms with Gasteiger partial charge in [0.2, 0.25) is 11.8 Å². The summed E-state index contributed by atoms with van der Waals surface area (Å²) in [6, 6.07) is 10.2. The summed E-state index contributed by atoms with van der Waals surface area (Å²) in [5.74, 6) is -1.93. The highest BCUT2D eigenvalue weighted by Crippen LogP contribution is 2.25. The van der Waals surface area contributed by atoms with E-state index in [9.17, 15) is 19.2 Å². The summed E-state index contributed by atoms with van der Waals surface area (Å²) in [5.41, 5.74) is 2.79. The number of allylic oxidation sites excluding steroid dienone is 2. The minimum atomic E-state index is -0.623. The maximum absolute atomic E-state index is 13.4. The van der Waals surface area contributed by atoms with E-state index in [4.69, 9.17) is 16.3 Å². The van der Waals surface area contributed by atoms with Crippen molar-refractivity contribution in [2.75, 3.05) is 19.0 Å². The van der Waals surface area contributed by atoms with Crippen LogP contribution < -0.4 is 10.6 Å². The Morgan fingerprint density at radius 2 is 2.00 bits per heavy atom. The molecule has 2 unspecified atom stereocenters. The average Bonchev–Trinajstić information content (AvgIpc) is 3.46. The lowest BCUT2D eigenvalue weighted by molar-refractivity contribution is -0.139. The van der Waals surface area contributed by atoms with Crippen molar-refractivity contribution >= 4 is 40.9 Å². The Hall–Kier alpha value is -4.38. The fraction of sp³-hybridized carbons (Fsp3) is 0.345. The number of nitrogens with one attached hydrogen (secondary N) is 2. The Morgan fingerprint density at radius 1 is 1.17 bits per heavy atom. The first-order valence-corrected chi connectivity index (χ1v) is 13.6. The van der Waals surface area contributed by atoms with E-state index in [1.54, 1.807) is 36.4 Å². The predicted molar refractivity (Wildman–Crippen MR) is 152 cm³/mol. The minimum absolute atomic E-state index is 0.000224. The number of carbonyl (C=O) groups is 4. The van der Waals surface area contributed by atoms with E-state index in [-0.39, 0.29) is 48.3 Å². The van der Waals surface area contributed by atoms with Crippen LogP contribution in [0.2, 0.25) is 5.02 Å². The molecule has 12 heteroatoms. The molecule has 0 saturated heterocycles. The van der Waals surface area contributed by atoms with Crippen molar-refractivity contribution in [2.24, 2.45) is 11.8 Å². The number of rotatable bonds is 7. The lowest BCUT2D eigenvalue weighted by Gasteiger charge is -2.19. The number of hydrogen-bond donors (Lipinski definition) is 2. The van der Waals surface area contributed by atoms with Gasteiger partial charge in [0, 0.05) is 35.9 Å². The van der Waals surface area contributed by atoms with E-state index in [1.165, 1.54) is 18.1 Å². The average molecular weight is 579 g/mol. The molecule has 4 rings (SSSR count). The number of Topliss-reactive ketones (excluding diaryl/α,β-unsaturated/α-hetero) is 1. The number of methoxy groups -OCH3 is 1. The first-order valence-electron chi connectivity index (χ1n) is 13.2. The van der Waals surface area contributed by atoms with Crippen LogP contribution in [0.15, 0.2) is 54.9 Å². The van der Waals surface area contributed by atoms with Crippen molar-refractivity contribution in [2.45, 2.75) is 39.0 Å². The highest BCUT2D eigenvalue weighted by Gasteiger charge is 2.25. The van der Waals surface area contributed by atoms with Gasteiger partial charge in [-0.1, -0.05) is 36.7 Å². The second-order valence-corrected chi connectivity index (χ2v) is 10.4. The summed E-state index contributed by atoms with van der Waals surface area (Å²) in [6.07, 6.45) is 6.16. The molecule has 2 amide bonds. The Kier molecular flexibility index (Phi) is 9.96. The summed E-state index contributed by atoms with van der Waals surface area (Å²) in [4.78, 5) is 51.2. The van der Waals surface area contributed by atoms with Crippen molar-refractivity contribution in [3.63, 3.8) is 0 Å². The van der Waals surface area contributed by atoms with Gasteiger partial charge in [0.15, 0.2) is 5.78 Å². The second kappa shape index (κ2) is 13.8. The van der Waals surface area contributed by atoms with Crippen molar-refractivity contribution < 1.29 is 23.9 Å². The molecule has 0 aliphatic carbocycles. The van der Waals surface area contributed by atoms with Gasteiger partial charge in [0.25, 0.3) is 0 Å². The summed E-state index contributed by atoms with van der Waals surface area (Å²) < 4.78 is 6.26. The Labute approximate surface area is 242 Å². The van der Waals surface area contributed by atoms with Gasteiger partial charge in [0.05, 0.1) is 24.9 Å². The number of esters is 1. The number of hydrogen-bond acceptors (Lipinski definition) is 8. The standard InChI is InChI=1S/C29H31ClN6O5/c1-18-4-3-5-21(29(40)31-11-10-20-15-22(30)7-9-25(20)36-17-32-34-35-36)16-26(37)23-8-6-19(14-28(39)41-2)13-24(23)33-27(38)12-18/h3-4,6-9,13,15,17-18,21H,5,10-12,14,16H2,1-2H3,(H,31,40)(H,33,38)/b4-3-. The first kappa shape index (κ1) is 29.6. The van der Waals surface area contributed by atoms with Crippen molar-refractivity contribution in [1.29, 1.82) is 0 Å². The number of amides is 2. The fourth-order valence-corrected chi connectivity index (χ4v) is 4.85. The highest BCUT2D eigenvalue weighted by atomic mass is 35.5. The number of anilines is 1. The van der Waals surface area contributed by atoms with E-state index in [0.29, 0.717) is 35.7 Å². The molecule has 1 aromatic heterocycles. The number of nitrogens with zero attached hydrogens (tertiary/aromatic N) is 4. The molecule has 2 aromatic carbocycles. The van der Waals surface area contributed by atoms with Crippen LogP contribution in [0.3, 0.4) is 0 Å². The number of fused-ring (bicyclic) bond motifs is 1. The van der Waals surface area contributed by atoms with Gasteiger partial charge in [-0.25, -0.2) is 4.68 Å². The molecule has 2 N–H and O–H groups in total. The summed E-state index contributed by atoms with van der Waals surface area (Å²) in [5, 5.41) is 17.6. The molecule has 0 radical (unpaired) electrons. The van der Waals surface area contributed by atoms with Crippen LogP contribution in [0.1, 0.15) is 47.7 Å². The second-order valence-electron chi connectivity index (χ2n) is 9.92. The molecule has 214 valence electrons. The lowest BCUT2D eigenvalue weighted by Crippen LogP contribution is -2.33. The zero-order valence-corrected chi connectivity index (χ0v) is 23.6. The minimum Gasteiger partial charge on any atom is -0.469 e. The van der Waals surface area contributed by atoms with Crippen molar-refractivity contribution in [3.8, 4) is 5.69 Å². The molecule has 0 spiro atoms. The smallest absolute Gasteiger partial charge is 0.309 e. The van der Waals surface area contributed by atoms with Gasteiger partial charge >= 0.3 is 5.97 Å². The van der Waals surface area contributed by atoms with Gasteiger partial charge in [-0.05, 0) is 70.6 Å². The molecule has 2 heterocycles. The highest BCUT2D eigenvalue weighted by molar-refractivity contribution is 6.30. The molecular formula is C29H31ClN6O5. The number of ether oxygens (including phenoxy) is 1. The van der Waals surface area contributed by atoms with Crippen molar-refractivity contribution in [1.82, 2.24) is 25.5 Å². The molecule has 0 fully saturated rings. The largest absolute Gasteiger partial charge is 0.469 e. The molecule has 1 aliphatic heterocycles. The van der Waals surface area contributed by atoms with E-state index < -0.39 is 11.9 Å². The van der Waals surface area contributed by atoms with Gasteiger partial charge in [0.1, 0.15) is 6.33 Å². The van der Waals surface area contributed by atoms with Crippen LogP contribution in [-0.2, 0) is 32.0 Å². The van der Waals surface area contributed by atoms with Crippen LogP contribution in [0, 0.1) is 11.8 Å². The zero-order valence-electron chi connectivity index (χ0n) is 22.8. The van der Waals surface area contributed by atoms with Crippen LogP contribution in [-0.4, -0.2) is 57.4 Å². The summed E-state index contributed by atoms with van der Waals surface area (Å²) >= 11 is 6.21. The normalized spacial score (nSPS) is 18.3. The monoisotopic (exact) mass is 578 g/mol. The SMILES string of the molecule is COC(=O)Cc1ccc2c(c1)NC(=O)CC(C)/C=C\CC(C(=O)NCCc1cc(Cl)ccc1-n1cnnn1)CC2=O. The van der Waals surface area contributed by atoms with Crippen LogP contribution in [0.5, 0.6) is 0 Å². The quantitative estimate of drug-likeness (QED) is 0.320. The van der Waals surface area contributed by atoms with E-state index in [0.717, 1.165) is 11.3 Å². The third kappa shape index (κ3) is 8.07. The maximum atomic E-state index is 13.4. The molecule has 0 bridgehead atoms. The van der Waals surface area contributed by atoms with Gasteiger partial charge in [-0.3, -0.25) is 19.2 Å². The Balaban J connectivity index is 1.51. The lowest BCUT2D eigenvalue weighted by atomic mass is 9.91. The molecule has 2 atom stereocenters. The van der Waals surface area contributed by atoms with E-state index >= 15 is 0 Å². The summed E-state index contributed by atoms with van der Waals surface area (Å²) in [7, 11) is 1.30. The third-order valence-corrected chi connectivity index (χ3v) is 7.00. The van der Waals surface area contributed by atoms with E-state index in [1.807, 2.05) is 19.1 Å². The number of tetrazole rings is 1. The Morgan fingerprint density at radius 3 is 2.76 bits per heavy atom. The van der Waals surface area contributed by atoms with Gasteiger partial charge in [-0.2, -0.15) is 0 Å². The number of aromatic nitrogens is 4. The molecular weight excluding hydrogens is 548 g/mol.